The number of piperazine rings is 1. The van der Waals surface area contributed by atoms with Crippen molar-refractivity contribution < 1.29 is 9.13 Å². The van der Waals surface area contributed by atoms with E-state index in [0.29, 0.717) is 46.9 Å². The number of halogens is 1. The fraction of sp³-hybridized carbons (Fsp3) is 0.360. The molecule has 0 radical (unpaired) electrons. The zero-order valence-corrected chi connectivity index (χ0v) is 19.2. The summed E-state index contributed by atoms with van der Waals surface area (Å²) >= 11 is 0. The molecular weight excluding hydrogens is 433 g/mol. The van der Waals surface area contributed by atoms with E-state index in [2.05, 4.69) is 49.4 Å². The van der Waals surface area contributed by atoms with Gasteiger partial charge in [-0.25, -0.2) is 9.37 Å². The molecule has 0 saturated carbocycles. The Hall–Kier alpha value is -3.43. The molecule has 2 atom stereocenters. The van der Waals surface area contributed by atoms with Crippen LogP contribution in [0.5, 0.6) is 6.01 Å². The predicted molar refractivity (Wildman–Crippen MR) is 126 cm³/mol. The normalized spacial score (nSPS) is 19.9. The first kappa shape index (κ1) is 21.1. The Morgan fingerprint density at radius 2 is 1.88 bits per heavy atom. The molecule has 6 rings (SSSR count). The average Bonchev–Trinajstić information content (AvgIpc) is 3.55. The molecule has 0 aliphatic carbocycles. The average molecular weight is 460 g/mol. The molecule has 4 aromatic rings. The van der Waals surface area contributed by atoms with Crippen molar-refractivity contribution in [1.29, 1.82) is 0 Å². The van der Waals surface area contributed by atoms with Crippen molar-refractivity contribution in [2.45, 2.75) is 38.5 Å². The number of likely N-dealkylation sites (tertiary alicyclic amines) is 1. The molecule has 1 aromatic carbocycles. The SMILES string of the molecule is COc1nc(C)c2nc(-c3cncc(F)c3)n(Cc3ccc(CN4C[C@@H]5C[C@H]4CN5)cc3)c2n1. The fourth-order valence-corrected chi connectivity index (χ4v) is 5.12. The van der Waals surface area contributed by atoms with Crippen molar-refractivity contribution in [2.24, 2.45) is 0 Å². The number of benzene rings is 1. The van der Waals surface area contributed by atoms with Crippen molar-refractivity contribution in [3.63, 3.8) is 0 Å². The number of rotatable bonds is 6. The number of aromatic nitrogens is 5. The van der Waals surface area contributed by atoms with Gasteiger partial charge in [0.25, 0.3) is 0 Å². The fourth-order valence-electron chi connectivity index (χ4n) is 5.12. The van der Waals surface area contributed by atoms with Crippen LogP contribution in [-0.4, -0.2) is 61.7 Å². The highest BCUT2D eigenvalue weighted by Crippen LogP contribution is 2.28. The molecule has 2 fully saturated rings. The van der Waals surface area contributed by atoms with Gasteiger partial charge in [0.2, 0.25) is 0 Å². The van der Waals surface area contributed by atoms with E-state index >= 15 is 0 Å². The van der Waals surface area contributed by atoms with Gasteiger partial charge in [0, 0.05) is 43.5 Å². The molecule has 0 amide bonds. The third kappa shape index (κ3) is 3.80. The number of methoxy groups -OCH3 is 1. The second kappa shape index (κ2) is 8.41. The highest BCUT2D eigenvalue weighted by molar-refractivity contribution is 5.79. The van der Waals surface area contributed by atoms with Gasteiger partial charge in [0.05, 0.1) is 25.5 Å². The van der Waals surface area contributed by atoms with E-state index in [1.807, 2.05) is 11.5 Å². The lowest BCUT2D eigenvalue weighted by Crippen LogP contribution is -2.42. The van der Waals surface area contributed by atoms with E-state index in [1.54, 1.807) is 13.3 Å². The summed E-state index contributed by atoms with van der Waals surface area (Å²) < 4.78 is 21.2. The van der Waals surface area contributed by atoms with Crippen molar-refractivity contribution in [1.82, 2.24) is 34.7 Å². The number of pyridine rings is 1. The molecule has 34 heavy (non-hydrogen) atoms. The molecule has 2 aliphatic heterocycles. The minimum atomic E-state index is -0.410. The molecule has 0 spiro atoms. The van der Waals surface area contributed by atoms with Crippen molar-refractivity contribution in [3.8, 4) is 17.4 Å². The number of fused-ring (bicyclic) bond motifs is 3. The summed E-state index contributed by atoms with van der Waals surface area (Å²) in [5.41, 5.74) is 5.01. The van der Waals surface area contributed by atoms with Crippen LogP contribution in [0.4, 0.5) is 4.39 Å². The molecule has 5 heterocycles. The predicted octanol–water partition coefficient (Wildman–Crippen LogP) is 2.94. The Bertz CT molecular complexity index is 1350. The summed E-state index contributed by atoms with van der Waals surface area (Å²) in [7, 11) is 1.54. The summed E-state index contributed by atoms with van der Waals surface area (Å²) in [5.74, 6) is 0.184. The van der Waals surface area contributed by atoms with Gasteiger partial charge in [-0.1, -0.05) is 24.3 Å². The van der Waals surface area contributed by atoms with Gasteiger partial charge in [0.1, 0.15) is 17.2 Å². The summed E-state index contributed by atoms with van der Waals surface area (Å²) in [6, 6.07) is 11.7. The first-order valence-corrected chi connectivity index (χ1v) is 11.5. The van der Waals surface area contributed by atoms with Gasteiger partial charge in [-0.3, -0.25) is 9.88 Å². The summed E-state index contributed by atoms with van der Waals surface area (Å²) in [5, 5.41) is 3.56. The number of nitrogens with one attached hydrogen (secondary N) is 1. The zero-order valence-electron chi connectivity index (χ0n) is 19.2. The number of imidazole rings is 1. The molecular formula is C25H26FN7O. The van der Waals surface area contributed by atoms with E-state index in [9.17, 15) is 4.39 Å². The summed E-state index contributed by atoms with van der Waals surface area (Å²) in [6.45, 7) is 5.59. The lowest BCUT2D eigenvalue weighted by Gasteiger charge is -2.27. The Labute approximate surface area is 196 Å². The topological polar surface area (TPSA) is 81.0 Å². The molecule has 174 valence electrons. The molecule has 2 aliphatic rings. The number of nitrogens with zero attached hydrogens (tertiary/aromatic N) is 6. The minimum Gasteiger partial charge on any atom is -0.467 e. The molecule has 0 unspecified atom stereocenters. The maximum atomic E-state index is 14.0. The van der Waals surface area contributed by atoms with E-state index in [4.69, 9.17) is 9.72 Å². The smallest absolute Gasteiger partial charge is 0.318 e. The Morgan fingerprint density at radius 1 is 1.09 bits per heavy atom. The van der Waals surface area contributed by atoms with Crippen molar-refractivity contribution in [3.05, 3.63) is 65.4 Å². The Morgan fingerprint density at radius 3 is 2.56 bits per heavy atom. The Kier molecular flexibility index (Phi) is 5.23. The molecule has 2 bridgehead atoms. The number of ether oxygens (including phenoxy) is 1. The van der Waals surface area contributed by atoms with Crippen LogP contribution in [0.3, 0.4) is 0 Å². The molecule has 9 heteroatoms. The molecule has 8 nitrogen and oxygen atoms in total. The first-order valence-electron chi connectivity index (χ1n) is 11.5. The maximum Gasteiger partial charge on any atom is 0.318 e. The minimum absolute atomic E-state index is 0.278. The van der Waals surface area contributed by atoms with E-state index in [-0.39, 0.29) is 6.01 Å². The first-order chi connectivity index (χ1) is 16.6. The maximum absolute atomic E-state index is 14.0. The van der Waals surface area contributed by atoms with Crippen LogP contribution in [0.15, 0.2) is 42.7 Å². The van der Waals surface area contributed by atoms with Gasteiger partial charge < -0.3 is 14.6 Å². The van der Waals surface area contributed by atoms with Crippen LogP contribution >= 0.6 is 0 Å². The standard InChI is InChI=1S/C25H26FN7O/c1-15-22-24(31-25(29-15)34-2)33(23(30-22)18-7-19(26)10-27-9-18)13-17-5-3-16(4-6-17)12-32-14-20-8-21(32)11-28-20/h3-7,9-10,20-21,28H,8,11-14H2,1-2H3/t20-,21-/m0/s1. The summed E-state index contributed by atoms with van der Waals surface area (Å²) in [6.07, 6.45) is 4.06. The second-order valence-electron chi connectivity index (χ2n) is 9.12. The lowest BCUT2D eigenvalue weighted by molar-refractivity contribution is 0.218. The zero-order chi connectivity index (χ0) is 23.2. The third-order valence-corrected chi connectivity index (χ3v) is 6.81. The number of hydrogen-bond donors (Lipinski definition) is 1. The summed E-state index contributed by atoms with van der Waals surface area (Å²) in [4.78, 5) is 20.3. The van der Waals surface area contributed by atoms with E-state index in [1.165, 1.54) is 24.2 Å². The van der Waals surface area contributed by atoms with Crippen LogP contribution in [0.2, 0.25) is 0 Å². The van der Waals surface area contributed by atoms with Crippen LogP contribution in [-0.2, 0) is 13.1 Å². The monoisotopic (exact) mass is 459 g/mol. The highest BCUT2D eigenvalue weighted by atomic mass is 19.1. The van der Waals surface area contributed by atoms with Gasteiger partial charge in [-0.05, 0) is 30.5 Å². The van der Waals surface area contributed by atoms with E-state index < -0.39 is 5.82 Å². The van der Waals surface area contributed by atoms with Crippen LogP contribution < -0.4 is 10.1 Å². The largest absolute Gasteiger partial charge is 0.467 e. The number of hydrogen-bond acceptors (Lipinski definition) is 7. The molecule has 2 saturated heterocycles. The lowest BCUT2D eigenvalue weighted by atomic mass is 10.1. The Balaban J connectivity index is 1.34. The van der Waals surface area contributed by atoms with Gasteiger partial charge in [0.15, 0.2) is 5.65 Å². The van der Waals surface area contributed by atoms with E-state index in [0.717, 1.165) is 25.2 Å². The van der Waals surface area contributed by atoms with Crippen LogP contribution in [0.25, 0.3) is 22.6 Å². The number of aryl methyl sites for hydroxylation is 1. The van der Waals surface area contributed by atoms with Crippen LogP contribution in [0, 0.1) is 12.7 Å². The molecule has 3 aromatic heterocycles. The quantitative estimate of drug-likeness (QED) is 0.475. The van der Waals surface area contributed by atoms with Crippen molar-refractivity contribution in [2.75, 3.05) is 20.2 Å². The van der Waals surface area contributed by atoms with Gasteiger partial charge in [-0.15, -0.1) is 0 Å². The van der Waals surface area contributed by atoms with Crippen molar-refractivity contribution >= 4 is 11.2 Å². The van der Waals surface area contributed by atoms with Gasteiger partial charge >= 0.3 is 6.01 Å². The second-order valence-corrected chi connectivity index (χ2v) is 9.12. The van der Waals surface area contributed by atoms with Crippen LogP contribution in [0.1, 0.15) is 23.2 Å². The molecule has 1 N–H and O–H groups in total. The third-order valence-electron chi connectivity index (χ3n) is 6.81. The van der Waals surface area contributed by atoms with Gasteiger partial charge in [-0.2, -0.15) is 9.97 Å². The highest BCUT2D eigenvalue weighted by Gasteiger charge is 2.37.